The summed E-state index contributed by atoms with van der Waals surface area (Å²) in [7, 11) is 1.34. The van der Waals surface area contributed by atoms with Gasteiger partial charge in [-0.05, 0) is 37.8 Å². The van der Waals surface area contributed by atoms with Crippen molar-refractivity contribution in [1.82, 2.24) is 10.3 Å². The van der Waals surface area contributed by atoms with Gasteiger partial charge in [0.05, 0.1) is 25.0 Å². The monoisotopic (exact) mass is 330 g/mol. The number of aryl methyl sites for hydroxylation is 2. The van der Waals surface area contributed by atoms with Crippen LogP contribution in [-0.2, 0) is 17.6 Å². The first-order chi connectivity index (χ1) is 11.6. The van der Waals surface area contributed by atoms with Gasteiger partial charge in [-0.15, -0.1) is 0 Å². The first kappa shape index (κ1) is 16.4. The van der Waals surface area contributed by atoms with Gasteiger partial charge in [0.15, 0.2) is 0 Å². The van der Waals surface area contributed by atoms with Gasteiger partial charge >= 0.3 is 5.97 Å². The van der Waals surface area contributed by atoms with Crippen molar-refractivity contribution in [2.45, 2.75) is 45.6 Å². The fraction of sp³-hybridized carbons (Fsp3) is 0.444. The maximum absolute atomic E-state index is 12.7. The topological polar surface area (TPSA) is 84.3 Å². The molecule has 0 aromatic carbocycles. The molecule has 0 bridgehead atoms. The average Bonchev–Trinajstić information content (AvgIpc) is 3.19. The van der Waals surface area contributed by atoms with Gasteiger partial charge in [0, 0.05) is 17.7 Å². The van der Waals surface area contributed by atoms with E-state index >= 15 is 0 Å². The molecule has 0 fully saturated rings. The third kappa shape index (κ3) is 2.72. The number of hydrogen-bond acceptors (Lipinski definition) is 4. The number of ether oxygens (including phenoxy) is 1. The molecule has 2 aromatic rings. The minimum Gasteiger partial charge on any atom is -0.469 e. The summed E-state index contributed by atoms with van der Waals surface area (Å²) in [4.78, 5) is 27.8. The highest BCUT2D eigenvalue weighted by atomic mass is 16.5. The number of hydrogen-bond donors (Lipinski definition) is 2. The standard InChI is InChI=1S/C18H22N2O4/c1-4-12-15(18(22)23-3)10(2)16(19-12)17(21)20-13-6-5-7-14-11(13)8-9-24-14/h8-9,13,19H,4-7H2,1-3H3,(H,20,21). The molecule has 1 aliphatic carbocycles. The number of esters is 1. The number of aromatic amines is 1. The molecule has 2 heterocycles. The smallest absolute Gasteiger partial charge is 0.339 e. The van der Waals surface area contributed by atoms with Crippen LogP contribution in [-0.4, -0.2) is 24.0 Å². The van der Waals surface area contributed by atoms with E-state index in [-0.39, 0.29) is 11.9 Å². The van der Waals surface area contributed by atoms with Gasteiger partial charge in [0.1, 0.15) is 11.5 Å². The van der Waals surface area contributed by atoms with Crippen molar-refractivity contribution >= 4 is 11.9 Å². The number of carbonyl (C=O) groups excluding carboxylic acids is 2. The fourth-order valence-corrected chi connectivity index (χ4v) is 3.40. The first-order valence-corrected chi connectivity index (χ1v) is 8.23. The second-order valence-corrected chi connectivity index (χ2v) is 6.04. The molecule has 1 aliphatic rings. The van der Waals surface area contributed by atoms with Crippen LogP contribution < -0.4 is 5.32 Å². The molecule has 2 aromatic heterocycles. The highest BCUT2D eigenvalue weighted by Crippen LogP contribution is 2.31. The van der Waals surface area contributed by atoms with Gasteiger partial charge in [0.2, 0.25) is 0 Å². The lowest BCUT2D eigenvalue weighted by Crippen LogP contribution is -2.31. The van der Waals surface area contributed by atoms with Crippen molar-refractivity contribution in [3.05, 3.63) is 46.2 Å². The van der Waals surface area contributed by atoms with Crippen LogP contribution in [0.4, 0.5) is 0 Å². The van der Waals surface area contributed by atoms with E-state index in [9.17, 15) is 9.59 Å². The van der Waals surface area contributed by atoms with E-state index < -0.39 is 5.97 Å². The van der Waals surface area contributed by atoms with Crippen molar-refractivity contribution in [1.29, 1.82) is 0 Å². The first-order valence-electron chi connectivity index (χ1n) is 8.23. The highest BCUT2D eigenvalue weighted by Gasteiger charge is 2.28. The summed E-state index contributed by atoms with van der Waals surface area (Å²) >= 11 is 0. The molecule has 24 heavy (non-hydrogen) atoms. The Hall–Kier alpha value is -2.50. The van der Waals surface area contributed by atoms with Gasteiger partial charge in [-0.3, -0.25) is 4.79 Å². The van der Waals surface area contributed by atoms with Crippen molar-refractivity contribution in [3.8, 4) is 0 Å². The van der Waals surface area contributed by atoms with Gasteiger partial charge in [-0.2, -0.15) is 0 Å². The van der Waals surface area contributed by atoms with E-state index in [4.69, 9.17) is 9.15 Å². The second kappa shape index (κ2) is 6.55. The SMILES string of the molecule is CCc1[nH]c(C(=O)NC2CCCc3occc32)c(C)c1C(=O)OC. The van der Waals surface area contributed by atoms with Crippen LogP contribution in [0.5, 0.6) is 0 Å². The lowest BCUT2D eigenvalue weighted by atomic mass is 9.93. The van der Waals surface area contributed by atoms with Crippen molar-refractivity contribution in [3.63, 3.8) is 0 Å². The van der Waals surface area contributed by atoms with Crippen molar-refractivity contribution < 1.29 is 18.7 Å². The molecule has 2 N–H and O–H groups in total. The Bertz CT molecular complexity index is 772. The zero-order chi connectivity index (χ0) is 17.3. The summed E-state index contributed by atoms with van der Waals surface area (Å²) < 4.78 is 10.3. The molecule has 6 heteroatoms. The van der Waals surface area contributed by atoms with Gasteiger partial charge in [-0.25, -0.2) is 4.79 Å². The molecule has 128 valence electrons. The molecule has 0 spiro atoms. The Balaban J connectivity index is 1.87. The Kier molecular flexibility index (Phi) is 4.46. The molecule has 0 saturated heterocycles. The summed E-state index contributed by atoms with van der Waals surface area (Å²) in [6.45, 7) is 3.69. The lowest BCUT2D eigenvalue weighted by molar-refractivity contribution is 0.0599. The molecular formula is C18H22N2O4. The Morgan fingerprint density at radius 3 is 2.96 bits per heavy atom. The zero-order valence-electron chi connectivity index (χ0n) is 14.2. The Labute approximate surface area is 140 Å². The summed E-state index contributed by atoms with van der Waals surface area (Å²) in [5.41, 5.74) is 3.26. The fourth-order valence-electron chi connectivity index (χ4n) is 3.40. The van der Waals surface area contributed by atoms with Gasteiger partial charge in [0.25, 0.3) is 5.91 Å². The molecule has 0 aliphatic heterocycles. The summed E-state index contributed by atoms with van der Waals surface area (Å²) in [5, 5.41) is 3.06. The van der Waals surface area contributed by atoms with Crippen LogP contribution in [0, 0.1) is 6.92 Å². The van der Waals surface area contributed by atoms with Crippen LogP contribution >= 0.6 is 0 Å². The van der Waals surface area contributed by atoms with Crippen LogP contribution in [0.25, 0.3) is 0 Å². The van der Waals surface area contributed by atoms with E-state index in [1.165, 1.54) is 7.11 Å². The molecule has 1 amide bonds. The van der Waals surface area contributed by atoms with Crippen LogP contribution in [0.3, 0.4) is 0 Å². The van der Waals surface area contributed by atoms with Crippen molar-refractivity contribution in [2.24, 2.45) is 0 Å². The highest BCUT2D eigenvalue weighted by molar-refractivity contribution is 6.00. The Morgan fingerprint density at radius 1 is 1.46 bits per heavy atom. The maximum Gasteiger partial charge on any atom is 0.339 e. The number of rotatable bonds is 4. The molecule has 0 radical (unpaired) electrons. The molecular weight excluding hydrogens is 308 g/mol. The number of fused-ring (bicyclic) bond motifs is 1. The van der Waals surface area contributed by atoms with E-state index in [2.05, 4.69) is 10.3 Å². The van der Waals surface area contributed by atoms with Crippen LogP contribution in [0.15, 0.2) is 16.7 Å². The van der Waals surface area contributed by atoms with E-state index in [0.29, 0.717) is 23.2 Å². The lowest BCUT2D eigenvalue weighted by Gasteiger charge is -2.22. The van der Waals surface area contributed by atoms with Crippen LogP contribution in [0.1, 0.15) is 69.2 Å². The number of H-pyrrole nitrogens is 1. The maximum atomic E-state index is 12.7. The van der Waals surface area contributed by atoms with Crippen molar-refractivity contribution in [2.75, 3.05) is 7.11 Å². The molecule has 0 saturated carbocycles. The number of carbonyl (C=O) groups is 2. The summed E-state index contributed by atoms with van der Waals surface area (Å²) in [6.07, 6.45) is 5.04. The molecule has 1 atom stereocenters. The minimum absolute atomic E-state index is 0.0608. The van der Waals surface area contributed by atoms with Crippen LogP contribution in [0.2, 0.25) is 0 Å². The van der Waals surface area contributed by atoms with Gasteiger partial charge < -0.3 is 19.5 Å². The predicted octanol–water partition coefficient (Wildman–Crippen LogP) is 3.07. The summed E-state index contributed by atoms with van der Waals surface area (Å²) in [5.74, 6) is 0.310. The molecule has 3 rings (SSSR count). The normalized spacial score (nSPS) is 16.5. The minimum atomic E-state index is -0.422. The number of nitrogens with one attached hydrogen (secondary N) is 2. The number of amides is 1. The quantitative estimate of drug-likeness (QED) is 0.844. The van der Waals surface area contributed by atoms with Gasteiger partial charge in [-0.1, -0.05) is 6.92 Å². The number of methoxy groups -OCH3 is 1. The third-order valence-electron chi connectivity index (χ3n) is 4.66. The average molecular weight is 330 g/mol. The Morgan fingerprint density at radius 2 is 2.25 bits per heavy atom. The molecule has 6 nitrogen and oxygen atoms in total. The zero-order valence-corrected chi connectivity index (χ0v) is 14.2. The predicted molar refractivity (Wildman–Crippen MR) is 88.1 cm³/mol. The van der Waals surface area contributed by atoms with E-state index in [1.54, 1.807) is 13.2 Å². The number of aromatic nitrogens is 1. The number of furan rings is 1. The molecule has 1 unspecified atom stereocenters. The largest absolute Gasteiger partial charge is 0.469 e. The second-order valence-electron chi connectivity index (χ2n) is 6.04. The summed E-state index contributed by atoms with van der Waals surface area (Å²) in [6, 6.07) is 1.85. The third-order valence-corrected chi connectivity index (χ3v) is 4.66. The van der Waals surface area contributed by atoms with E-state index in [0.717, 1.165) is 36.3 Å². The van der Waals surface area contributed by atoms with E-state index in [1.807, 2.05) is 13.0 Å².